The van der Waals surface area contributed by atoms with Gasteiger partial charge in [0.25, 0.3) is 5.97 Å². The Morgan fingerprint density at radius 3 is 1.91 bits per heavy atom. The molecule has 0 aliphatic carbocycles. The predicted octanol–water partition coefficient (Wildman–Crippen LogP) is -3.12. The molecule has 4 rings (SSSR count). The number of nitrogens with two attached hydrogens (primary N) is 2. The first kappa shape index (κ1) is 70.6. The molecular weight excluding hydrogens is 1080 g/mol. The highest BCUT2D eigenvalue weighted by Crippen LogP contribution is 2.27. The van der Waals surface area contributed by atoms with E-state index in [0.717, 1.165) is 74.3 Å². The smallest absolute Gasteiger partial charge is 0.300 e. The van der Waals surface area contributed by atoms with Crippen molar-refractivity contribution in [3.63, 3.8) is 0 Å². The number of fused-ring (bicyclic) bond motifs is 2. The molecule has 28 heteroatoms. The number of aromatic hydroxyl groups is 1. The molecule has 1 aromatic carbocycles. The molecule has 0 radical (unpaired) electrons. The summed E-state index contributed by atoms with van der Waals surface area (Å²) in [6.07, 6.45) is -8.31. The van der Waals surface area contributed by atoms with Crippen LogP contribution in [0.25, 0.3) is 0 Å². The van der Waals surface area contributed by atoms with Gasteiger partial charge in [0, 0.05) is 52.4 Å². The number of unbranched alkanes of at least 4 members (excludes halogenated alkanes) is 5. The number of aliphatic hydroxyl groups excluding tert-OH is 7. The lowest BCUT2D eigenvalue weighted by atomic mass is 9.91. The lowest BCUT2D eigenvalue weighted by molar-refractivity contribution is -0.173. The van der Waals surface area contributed by atoms with E-state index in [1.54, 1.807) is 0 Å². The van der Waals surface area contributed by atoms with Crippen molar-refractivity contribution >= 4 is 47.3 Å². The average Bonchev–Trinajstić information content (AvgIpc) is 4.13. The minimum atomic E-state index is -2.30. The first-order valence-electron chi connectivity index (χ1n) is 28.4. The SMILES string of the molecule is CC(=O)O.CCC(C)CC(C)CCCCCCCCC(=O)N[C@H]1C[C@@H](O)[C@@H](N(O)CCN)NC(=O)[C@@H]2[C@@H](O)CCN2C(=O)[C@H]([C@H](O)CCN)NC(=O)[C@H]([C@H](O)[C@@H](O)c2ccc(O)cc2)NC(=O)[C@@H]2C[C@@H](O)CN2C(=O)[C@H]([C@@H](C)O)NC1=O. The van der Waals surface area contributed by atoms with Crippen LogP contribution in [-0.2, 0) is 38.4 Å². The van der Waals surface area contributed by atoms with Crippen molar-refractivity contribution in [1.82, 2.24) is 41.4 Å². The molecule has 3 heterocycles. The normalized spacial score (nSPS) is 27.4. The van der Waals surface area contributed by atoms with Crippen molar-refractivity contribution in [3.8, 4) is 5.75 Å². The van der Waals surface area contributed by atoms with Crippen molar-refractivity contribution in [2.24, 2.45) is 23.3 Å². The van der Waals surface area contributed by atoms with Gasteiger partial charge in [-0.3, -0.25) is 38.4 Å². The lowest BCUT2D eigenvalue weighted by Gasteiger charge is -2.36. The van der Waals surface area contributed by atoms with Crippen LogP contribution in [-0.4, -0.2) is 225 Å². The Morgan fingerprint density at radius 1 is 0.732 bits per heavy atom. The fraction of sp³-hybridized carbons (Fsp3) is 0.741. The van der Waals surface area contributed by atoms with Crippen LogP contribution in [0.2, 0.25) is 0 Å². The Balaban J connectivity index is 0.00000426. The van der Waals surface area contributed by atoms with Crippen molar-refractivity contribution < 1.29 is 89.5 Å². The molecule has 0 saturated carbocycles. The number of benzene rings is 1. The maximum absolute atomic E-state index is 14.6. The van der Waals surface area contributed by atoms with Gasteiger partial charge < -0.3 is 99.0 Å². The molecule has 82 heavy (non-hydrogen) atoms. The monoisotopic (exact) mass is 1170 g/mol. The first-order valence-corrected chi connectivity index (χ1v) is 28.4. The van der Waals surface area contributed by atoms with E-state index in [2.05, 4.69) is 47.4 Å². The van der Waals surface area contributed by atoms with Crippen LogP contribution in [0.5, 0.6) is 5.75 Å². The Kier molecular flexibility index (Phi) is 30.0. The highest BCUT2D eigenvalue weighted by molar-refractivity contribution is 5.98. The number of carbonyl (C=O) groups is 8. The Labute approximate surface area is 478 Å². The summed E-state index contributed by atoms with van der Waals surface area (Å²) < 4.78 is 0. The van der Waals surface area contributed by atoms with E-state index in [9.17, 15) is 79.6 Å². The highest BCUT2D eigenvalue weighted by atomic mass is 16.5. The second-order valence-corrected chi connectivity index (χ2v) is 22.0. The number of nitrogens with zero attached hydrogens (tertiary/aromatic N) is 3. The molecule has 28 nitrogen and oxygen atoms in total. The van der Waals surface area contributed by atoms with Crippen molar-refractivity contribution in [1.29, 1.82) is 0 Å². The average molecular weight is 1170 g/mol. The number of nitrogens with one attached hydrogen (secondary N) is 5. The van der Waals surface area contributed by atoms with Crippen LogP contribution in [0.15, 0.2) is 24.3 Å². The third-order valence-electron chi connectivity index (χ3n) is 15.0. The zero-order chi connectivity index (χ0) is 61.5. The van der Waals surface area contributed by atoms with Crippen LogP contribution < -0.4 is 38.1 Å². The largest absolute Gasteiger partial charge is 0.508 e. The number of rotatable bonds is 23. The standard InChI is InChI=1S/C52H88N10O16.C2H4O2/c1-5-28(2)24-29(3)12-10-8-6-7-9-11-13-39(69)55-34-26-38(68)46(62(78)23-21-54)59-50(75)43-37(67)19-22-60(43)52(77)41(36(66)18-20-53)57-49(74)42(45(71)44(70)31-14-16-32(64)17-15-31)58-48(73)35-25-33(65)27-61(35)51(76)40(30(4)63)56-47(34)72;1-2(3)4/h14-17,28-30,33-38,40-46,63-68,70-71,78H,5-13,18-27,53-54H2,1-4H3,(H,55,69)(H,56,72)(H,57,74)(H,58,73)(H,59,75);1H3,(H,3,4)/t28?,29?,30-,33-,34+,35+,36-,37+,38-,40+,41+,42+,43+,44+,45+,46-;/m1./s1. The van der Waals surface area contributed by atoms with Crippen LogP contribution in [0.3, 0.4) is 0 Å². The number of hydrogen-bond donors (Lipinski definition) is 17. The fourth-order valence-corrected chi connectivity index (χ4v) is 10.4. The molecule has 1 aromatic rings. The second-order valence-electron chi connectivity index (χ2n) is 22.0. The number of carbonyl (C=O) groups excluding carboxylic acids is 7. The Morgan fingerprint density at radius 2 is 1.32 bits per heavy atom. The van der Waals surface area contributed by atoms with Gasteiger partial charge in [0.15, 0.2) is 0 Å². The number of aliphatic hydroxyl groups is 7. The molecule has 7 amide bonds. The van der Waals surface area contributed by atoms with Crippen molar-refractivity contribution in [3.05, 3.63) is 29.8 Å². The maximum Gasteiger partial charge on any atom is 0.300 e. The van der Waals surface area contributed by atoms with Gasteiger partial charge in [0.2, 0.25) is 41.4 Å². The third kappa shape index (κ3) is 21.5. The summed E-state index contributed by atoms with van der Waals surface area (Å²) in [5.74, 6) is -7.73. The maximum atomic E-state index is 14.6. The van der Waals surface area contributed by atoms with Gasteiger partial charge in [-0.1, -0.05) is 77.8 Å². The Bertz CT molecular complexity index is 2210. The molecule has 19 N–H and O–H groups in total. The van der Waals surface area contributed by atoms with Crippen LogP contribution in [0.4, 0.5) is 0 Å². The van der Waals surface area contributed by atoms with Crippen LogP contribution in [0, 0.1) is 11.8 Å². The van der Waals surface area contributed by atoms with Gasteiger partial charge in [-0.05, 0) is 68.7 Å². The van der Waals surface area contributed by atoms with Crippen molar-refractivity contribution in [2.45, 2.75) is 210 Å². The molecule has 0 bridgehead atoms. The van der Waals surface area contributed by atoms with Gasteiger partial charge in [0.05, 0.1) is 30.5 Å². The molecule has 2 unspecified atom stereocenters. The highest BCUT2D eigenvalue weighted by Gasteiger charge is 2.49. The lowest BCUT2D eigenvalue weighted by Crippen LogP contribution is -2.65. The summed E-state index contributed by atoms with van der Waals surface area (Å²) in [5.41, 5.74) is 11.4. The van der Waals surface area contributed by atoms with Gasteiger partial charge in [0.1, 0.15) is 60.4 Å². The Hall–Kier alpha value is -5.66. The van der Waals surface area contributed by atoms with Crippen molar-refractivity contribution in [2.75, 3.05) is 32.7 Å². The summed E-state index contributed by atoms with van der Waals surface area (Å²) in [7, 11) is 0. The number of phenolic OH excluding ortho intramolecular Hbond substituents is 1. The van der Waals surface area contributed by atoms with Crippen LogP contribution in [0.1, 0.15) is 136 Å². The minimum Gasteiger partial charge on any atom is -0.508 e. The molecule has 3 saturated heterocycles. The topological polar surface area (TPSA) is 461 Å². The predicted molar refractivity (Wildman–Crippen MR) is 294 cm³/mol. The number of hydrogen-bond acceptors (Lipinski definition) is 20. The van der Waals surface area contributed by atoms with E-state index in [4.69, 9.17) is 21.4 Å². The van der Waals surface area contributed by atoms with Gasteiger partial charge in [-0.15, -0.1) is 0 Å². The molecule has 3 aliphatic heterocycles. The summed E-state index contributed by atoms with van der Waals surface area (Å²) in [4.78, 5) is 111. The molecule has 3 fully saturated rings. The van der Waals surface area contributed by atoms with Gasteiger partial charge in [-0.25, -0.2) is 0 Å². The van der Waals surface area contributed by atoms with Crippen LogP contribution >= 0.6 is 0 Å². The summed E-state index contributed by atoms with van der Waals surface area (Å²) in [5, 5.41) is 120. The number of carboxylic acids is 1. The van der Waals surface area contributed by atoms with Gasteiger partial charge in [-0.2, -0.15) is 5.06 Å². The number of amides is 7. The number of hydroxylamine groups is 2. The van der Waals surface area contributed by atoms with Gasteiger partial charge >= 0.3 is 0 Å². The second kappa shape index (κ2) is 34.8. The molecule has 3 aliphatic rings. The molecule has 16 atom stereocenters. The summed E-state index contributed by atoms with van der Waals surface area (Å²) >= 11 is 0. The van der Waals surface area contributed by atoms with E-state index >= 15 is 0 Å². The molecular formula is C54H92N10O18. The van der Waals surface area contributed by atoms with E-state index < -0.39 is 158 Å². The zero-order valence-electron chi connectivity index (χ0n) is 47.7. The first-order chi connectivity index (χ1) is 38.7. The molecule has 0 spiro atoms. The minimum absolute atomic E-state index is 0.0735. The van der Waals surface area contributed by atoms with E-state index in [0.29, 0.717) is 29.7 Å². The fourth-order valence-electron chi connectivity index (χ4n) is 10.4. The zero-order valence-corrected chi connectivity index (χ0v) is 47.7. The van der Waals surface area contributed by atoms with E-state index in [1.165, 1.54) is 18.6 Å². The quantitative estimate of drug-likeness (QED) is 0.0381. The number of phenols is 1. The summed E-state index contributed by atoms with van der Waals surface area (Å²) in [6, 6.07) is -6.82. The van der Waals surface area contributed by atoms with E-state index in [-0.39, 0.29) is 50.2 Å². The molecule has 466 valence electrons. The third-order valence-corrected chi connectivity index (χ3v) is 15.0. The van der Waals surface area contributed by atoms with E-state index in [1.807, 2.05) is 0 Å². The summed E-state index contributed by atoms with van der Waals surface area (Å²) in [6.45, 7) is 7.05. The number of carboxylic acid groups (broad SMARTS) is 1. The molecule has 0 aromatic heterocycles. The number of aliphatic carboxylic acids is 1.